The van der Waals surface area contributed by atoms with E-state index in [1.807, 2.05) is 0 Å². The van der Waals surface area contributed by atoms with E-state index in [0.29, 0.717) is 0 Å². The molecule has 82 valence electrons. The van der Waals surface area contributed by atoms with Gasteiger partial charge in [0.25, 0.3) is 0 Å². The van der Waals surface area contributed by atoms with Crippen molar-refractivity contribution in [3.05, 3.63) is 48.8 Å². The lowest BCUT2D eigenvalue weighted by Gasteiger charge is -1.93. The fourth-order valence-corrected chi connectivity index (χ4v) is 0.815. The highest BCUT2D eigenvalue weighted by Crippen LogP contribution is 2.11. The summed E-state index contributed by atoms with van der Waals surface area (Å²) in [5.74, 6) is -1.53. The molecule has 6 heteroatoms. The zero-order valence-corrected chi connectivity index (χ0v) is 8.19. The van der Waals surface area contributed by atoms with Crippen molar-refractivity contribution in [1.82, 2.24) is 15.0 Å². The van der Waals surface area contributed by atoms with Crippen LogP contribution < -0.4 is 0 Å². The van der Waals surface area contributed by atoms with Gasteiger partial charge in [0.15, 0.2) is 5.69 Å². The molecule has 0 saturated carbocycles. The van der Waals surface area contributed by atoms with Crippen LogP contribution in [0.3, 0.4) is 0 Å². The Kier molecular flexibility index (Phi) is 4.39. The van der Waals surface area contributed by atoms with E-state index in [4.69, 9.17) is 10.2 Å². The van der Waals surface area contributed by atoms with Crippen molar-refractivity contribution in [2.45, 2.75) is 0 Å². The Balaban J connectivity index is 0.000000181. The van der Waals surface area contributed by atoms with E-state index in [0.717, 1.165) is 0 Å². The van der Waals surface area contributed by atoms with Gasteiger partial charge in [-0.3, -0.25) is 0 Å². The van der Waals surface area contributed by atoms with Crippen LogP contribution in [0.1, 0.15) is 10.5 Å². The van der Waals surface area contributed by atoms with Gasteiger partial charge in [0.1, 0.15) is 12.1 Å². The van der Waals surface area contributed by atoms with E-state index >= 15 is 0 Å². The summed E-state index contributed by atoms with van der Waals surface area (Å²) in [7, 11) is 0. The summed E-state index contributed by atoms with van der Waals surface area (Å²) in [6, 6.07) is 4.51. The molecule has 0 aromatic carbocycles. The predicted octanol–water partition coefficient (Wildman–Crippen LogP) is 0.962. The van der Waals surface area contributed by atoms with Crippen LogP contribution in [0.5, 0.6) is 5.75 Å². The van der Waals surface area contributed by atoms with Crippen LogP contribution in [0, 0.1) is 0 Å². The van der Waals surface area contributed by atoms with Crippen LogP contribution in [-0.2, 0) is 0 Å². The molecule has 2 rings (SSSR count). The van der Waals surface area contributed by atoms with E-state index in [1.54, 1.807) is 18.5 Å². The number of carboxylic acids is 1. The number of aromatic carboxylic acids is 1. The molecule has 16 heavy (non-hydrogen) atoms. The lowest BCUT2D eigenvalue weighted by atomic mass is 10.3. The fraction of sp³-hybridized carbons (Fsp3) is 0. The Labute approximate surface area is 91.3 Å². The number of carboxylic acid groups (broad SMARTS) is 1. The van der Waals surface area contributed by atoms with Crippen LogP contribution in [0.2, 0.25) is 0 Å². The Hall–Kier alpha value is -2.50. The Morgan fingerprint density at radius 3 is 2.12 bits per heavy atom. The summed E-state index contributed by atoms with van der Waals surface area (Å²) in [4.78, 5) is 21.0. The molecular weight excluding hydrogens is 210 g/mol. The predicted molar refractivity (Wildman–Crippen MR) is 54.9 cm³/mol. The maximum absolute atomic E-state index is 10.2. The van der Waals surface area contributed by atoms with Crippen molar-refractivity contribution in [3.8, 4) is 5.75 Å². The monoisotopic (exact) mass is 219 g/mol. The van der Waals surface area contributed by atoms with E-state index < -0.39 is 5.97 Å². The van der Waals surface area contributed by atoms with Gasteiger partial charge in [-0.05, 0) is 18.2 Å². The molecule has 0 aliphatic carbocycles. The largest absolute Gasteiger partial charge is 0.505 e. The molecule has 2 aromatic rings. The van der Waals surface area contributed by atoms with Gasteiger partial charge in [0.2, 0.25) is 0 Å². The Morgan fingerprint density at radius 2 is 1.81 bits per heavy atom. The molecule has 0 radical (unpaired) electrons. The summed E-state index contributed by atoms with van der Waals surface area (Å²) >= 11 is 0. The molecule has 6 nitrogen and oxygen atoms in total. The van der Waals surface area contributed by atoms with Crippen molar-refractivity contribution in [3.63, 3.8) is 0 Å². The molecule has 0 aliphatic heterocycles. The molecule has 0 amide bonds. The third-order valence-corrected chi connectivity index (χ3v) is 1.47. The maximum Gasteiger partial charge on any atom is 0.358 e. The first-order chi connectivity index (χ1) is 7.72. The molecule has 2 N–H and O–H groups in total. The number of carbonyl (C=O) groups is 1. The van der Waals surface area contributed by atoms with E-state index in [-0.39, 0.29) is 11.4 Å². The molecule has 0 atom stereocenters. The lowest BCUT2D eigenvalue weighted by molar-refractivity contribution is 0.0687. The van der Waals surface area contributed by atoms with Crippen molar-refractivity contribution in [2.24, 2.45) is 0 Å². The number of pyridine rings is 1. The highest BCUT2D eigenvalue weighted by atomic mass is 16.4. The summed E-state index contributed by atoms with van der Waals surface area (Å²) in [6.45, 7) is 0. The minimum Gasteiger partial charge on any atom is -0.505 e. The summed E-state index contributed by atoms with van der Waals surface area (Å²) in [5.41, 5.74) is -0.317. The number of nitrogens with zero attached hydrogens (tertiary/aromatic N) is 3. The van der Waals surface area contributed by atoms with Crippen LogP contribution >= 0.6 is 0 Å². The van der Waals surface area contributed by atoms with E-state index in [1.165, 1.54) is 24.7 Å². The summed E-state index contributed by atoms with van der Waals surface area (Å²) in [6.07, 6.45) is 6.18. The van der Waals surface area contributed by atoms with Crippen molar-refractivity contribution < 1.29 is 15.0 Å². The number of hydrogen-bond acceptors (Lipinski definition) is 5. The zero-order chi connectivity index (χ0) is 11.8. The third-order valence-electron chi connectivity index (χ3n) is 1.47. The summed E-state index contributed by atoms with van der Waals surface area (Å²) < 4.78 is 0. The normalized spacial score (nSPS) is 8.75. The zero-order valence-electron chi connectivity index (χ0n) is 8.19. The smallest absolute Gasteiger partial charge is 0.358 e. The standard InChI is InChI=1S/C6H5NO3.C4H4N2/c8-4-2-1-3-7-5(4)6(9)10;1-2-5-4-6-3-1/h1-3,8H,(H,9,10);1-4H. The second-order valence-corrected chi connectivity index (χ2v) is 2.58. The molecule has 2 heterocycles. The van der Waals surface area contributed by atoms with Crippen molar-refractivity contribution in [2.75, 3.05) is 0 Å². The average Bonchev–Trinajstić information content (AvgIpc) is 2.32. The van der Waals surface area contributed by atoms with Gasteiger partial charge in [-0.1, -0.05) is 0 Å². The average molecular weight is 219 g/mol. The van der Waals surface area contributed by atoms with Gasteiger partial charge < -0.3 is 10.2 Å². The SMILES string of the molecule is O=C(O)c1ncccc1O.c1cncnc1. The molecule has 0 saturated heterocycles. The molecular formula is C10H9N3O3. The second kappa shape index (κ2) is 6.07. The van der Waals surface area contributed by atoms with Crippen LogP contribution in [-0.4, -0.2) is 31.1 Å². The highest BCUT2D eigenvalue weighted by molar-refractivity contribution is 5.88. The first-order valence-corrected chi connectivity index (χ1v) is 4.29. The number of aromatic nitrogens is 3. The second-order valence-electron chi connectivity index (χ2n) is 2.58. The van der Waals surface area contributed by atoms with Gasteiger partial charge in [0.05, 0.1) is 0 Å². The Morgan fingerprint density at radius 1 is 1.12 bits per heavy atom. The molecule has 0 fully saturated rings. The van der Waals surface area contributed by atoms with Crippen LogP contribution in [0.25, 0.3) is 0 Å². The minimum absolute atomic E-state index is 0.310. The lowest BCUT2D eigenvalue weighted by Crippen LogP contribution is -1.99. The quantitative estimate of drug-likeness (QED) is 0.741. The topological polar surface area (TPSA) is 96.2 Å². The summed E-state index contributed by atoms with van der Waals surface area (Å²) in [5, 5.41) is 17.2. The van der Waals surface area contributed by atoms with Gasteiger partial charge in [-0.2, -0.15) is 0 Å². The molecule has 0 aliphatic rings. The van der Waals surface area contributed by atoms with Crippen LogP contribution in [0.15, 0.2) is 43.1 Å². The third kappa shape index (κ3) is 3.70. The molecule has 2 aromatic heterocycles. The molecule has 0 unspecified atom stereocenters. The van der Waals surface area contributed by atoms with Gasteiger partial charge in [-0.25, -0.2) is 19.7 Å². The first kappa shape index (κ1) is 11.6. The number of aromatic hydroxyl groups is 1. The van der Waals surface area contributed by atoms with E-state index in [2.05, 4.69) is 15.0 Å². The van der Waals surface area contributed by atoms with Crippen LogP contribution in [0.4, 0.5) is 0 Å². The number of hydrogen-bond donors (Lipinski definition) is 2. The number of rotatable bonds is 1. The molecule has 0 bridgehead atoms. The Bertz CT molecular complexity index is 421. The van der Waals surface area contributed by atoms with Gasteiger partial charge >= 0.3 is 5.97 Å². The molecule has 0 spiro atoms. The van der Waals surface area contributed by atoms with Crippen molar-refractivity contribution in [1.29, 1.82) is 0 Å². The van der Waals surface area contributed by atoms with E-state index in [9.17, 15) is 4.79 Å². The van der Waals surface area contributed by atoms with Gasteiger partial charge in [0, 0.05) is 18.6 Å². The first-order valence-electron chi connectivity index (χ1n) is 4.29. The highest BCUT2D eigenvalue weighted by Gasteiger charge is 2.08. The minimum atomic E-state index is -1.22. The fourth-order valence-electron chi connectivity index (χ4n) is 0.815. The van der Waals surface area contributed by atoms with Gasteiger partial charge in [-0.15, -0.1) is 0 Å². The maximum atomic E-state index is 10.2. The van der Waals surface area contributed by atoms with Crippen molar-refractivity contribution >= 4 is 5.97 Å².